The molecule has 12 nitrogen and oxygen atoms in total. The number of fused-ring (bicyclic) bond motifs is 1. The number of carbonyl (C=O) groups excluding carboxylic acids is 4. The van der Waals surface area contributed by atoms with Gasteiger partial charge in [0.2, 0.25) is 17.7 Å². The lowest BCUT2D eigenvalue weighted by Gasteiger charge is -2.31. The number of rotatable bonds is 19. The second kappa shape index (κ2) is 20.0. The van der Waals surface area contributed by atoms with Crippen molar-refractivity contribution >= 4 is 35.6 Å². The number of hydrogen-bond donors (Lipinski definition) is 5. The fraction of sp³-hybridized carbons (Fsp3) is 0.714. The number of thioether (sulfide) groups is 1. The molecule has 270 valence electrons. The van der Waals surface area contributed by atoms with Crippen molar-refractivity contribution in [2.45, 2.75) is 110 Å². The van der Waals surface area contributed by atoms with Crippen molar-refractivity contribution in [3.05, 3.63) is 35.9 Å². The number of aliphatic hydroxyl groups excluding tert-OH is 1. The van der Waals surface area contributed by atoms with E-state index in [0.717, 1.165) is 12.0 Å². The first kappa shape index (κ1) is 39.6. The average Bonchev–Trinajstić information content (AvgIpc) is 3.67. The van der Waals surface area contributed by atoms with Crippen LogP contribution < -0.4 is 21.3 Å². The first-order chi connectivity index (χ1) is 22.9. The first-order valence-corrected chi connectivity index (χ1v) is 18.6. The maximum atomic E-state index is 13.6. The van der Waals surface area contributed by atoms with E-state index in [-0.39, 0.29) is 48.9 Å². The number of alkyl carbamates (subject to hydrolysis) is 1. The molecule has 0 saturated carbocycles. The third-order valence-corrected chi connectivity index (χ3v) is 9.46. The van der Waals surface area contributed by atoms with Crippen LogP contribution in [0.4, 0.5) is 4.79 Å². The number of hydrogen-bond acceptors (Lipinski definition) is 9. The molecule has 13 heteroatoms. The molecule has 48 heavy (non-hydrogen) atoms. The van der Waals surface area contributed by atoms with Gasteiger partial charge in [-0.3, -0.25) is 14.4 Å². The van der Waals surface area contributed by atoms with Crippen LogP contribution in [-0.4, -0.2) is 90.8 Å². The zero-order valence-corrected chi connectivity index (χ0v) is 30.1. The largest absolute Gasteiger partial charge is 0.443 e. The van der Waals surface area contributed by atoms with E-state index < -0.39 is 48.3 Å². The van der Waals surface area contributed by atoms with E-state index in [1.54, 1.807) is 0 Å². The van der Waals surface area contributed by atoms with Gasteiger partial charge in [-0.2, -0.15) is 11.8 Å². The molecule has 0 aliphatic carbocycles. The van der Waals surface area contributed by atoms with E-state index in [2.05, 4.69) is 21.3 Å². The van der Waals surface area contributed by atoms with Crippen molar-refractivity contribution in [1.29, 1.82) is 0 Å². The maximum Gasteiger partial charge on any atom is 0.408 e. The summed E-state index contributed by atoms with van der Waals surface area (Å²) in [6.45, 7) is 10.8. The monoisotopic (exact) mass is 692 g/mol. The van der Waals surface area contributed by atoms with E-state index in [0.29, 0.717) is 38.2 Å². The summed E-state index contributed by atoms with van der Waals surface area (Å²) >= 11 is 1.40. The van der Waals surface area contributed by atoms with Gasteiger partial charge in [0.25, 0.3) is 0 Å². The molecule has 2 aliphatic heterocycles. The van der Waals surface area contributed by atoms with Crippen molar-refractivity contribution in [2.75, 3.05) is 25.2 Å². The van der Waals surface area contributed by atoms with Gasteiger partial charge in [-0.05, 0) is 49.3 Å². The molecule has 4 amide bonds. The van der Waals surface area contributed by atoms with Gasteiger partial charge < -0.3 is 40.6 Å². The zero-order valence-electron chi connectivity index (χ0n) is 29.2. The Morgan fingerprint density at radius 1 is 0.979 bits per heavy atom. The van der Waals surface area contributed by atoms with Gasteiger partial charge in [0, 0.05) is 18.2 Å². The summed E-state index contributed by atoms with van der Waals surface area (Å²) in [4.78, 5) is 53.0. The number of benzene rings is 1. The number of amides is 4. The molecule has 1 aromatic carbocycles. The average molecular weight is 693 g/mol. The van der Waals surface area contributed by atoms with E-state index in [9.17, 15) is 24.3 Å². The van der Waals surface area contributed by atoms with E-state index in [1.807, 2.05) is 71.2 Å². The molecule has 2 aliphatic rings. The van der Waals surface area contributed by atoms with Crippen molar-refractivity contribution < 1.29 is 38.5 Å². The van der Waals surface area contributed by atoms with Gasteiger partial charge in [-0.1, -0.05) is 71.4 Å². The molecule has 2 heterocycles. The molecule has 2 fully saturated rings. The van der Waals surface area contributed by atoms with Crippen LogP contribution in [0.15, 0.2) is 30.3 Å². The van der Waals surface area contributed by atoms with Crippen LogP contribution >= 0.6 is 11.8 Å². The summed E-state index contributed by atoms with van der Waals surface area (Å²) in [5.74, 6) is -1.36. The van der Waals surface area contributed by atoms with E-state index >= 15 is 0 Å². The molecular formula is C35H56N4O8S. The quantitative estimate of drug-likeness (QED) is 0.146. The van der Waals surface area contributed by atoms with Gasteiger partial charge in [0.15, 0.2) is 6.29 Å². The summed E-state index contributed by atoms with van der Waals surface area (Å²) in [6, 6.07) is 7.24. The number of carbonyl (C=O) groups is 4. The highest BCUT2D eigenvalue weighted by molar-refractivity contribution is 7.98. The lowest BCUT2D eigenvalue weighted by atomic mass is 9.88. The van der Waals surface area contributed by atoms with Gasteiger partial charge in [-0.15, -0.1) is 0 Å². The van der Waals surface area contributed by atoms with Crippen molar-refractivity contribution in [1.82, 2.24) is 21.3 Å². The van der Waals surface area contributed by atoms with E-state index in [4.69, 9.17) is 14.2 Å². The Balaban J connectivity index is 1.62. The fourth-order valence-corrected chi connectivity index (χ4v) is 6.74. The van der Waals surface area contributed by atoms with Gasteiger partial charge in [0.05, 0.1) is 31.3 Å². The van der Waals surface area contributed by atoms with Crippen LogP contribution in [0, 0.1) is 23.7 Å². The van der Waals surface area contributed by atoms with E-state index in [1.165, 1.54) is 11.8 Å². The first-order valence-electron chi connectivity index (χ1n) is 17.2. The lowest BCUT2D eigenvalue weighted by Crippen LogP contribution is -2.55. The van der Waals surface area contributed by atoms with Crippen LogP contribution in [-0.2, 0) is 35.1 Å². The number of ether oxygens (including phenoxy) is 3. The Labute approximate surface area is 289 Å². The van der Waals surface area contributed by atoms with Crippen LogP contribution in [0.5, 0.6) is 0 Å². The Morgan fingerprint density at radius 2 is 1.71 bits per heavy atom. The predicted molar refractivity (Wildman–Crippen MR) is 185 cm³/mol. The highest BCUT2D eigenvalue weighted by Gasteiger charge is 2.44. The van der Waals surface area contributed by atoms with Crippen LogP contribution in [0.2, 0.25) is 0 Å². The summed E-state index contributed by atoms with van der Waals surface area (Å²) in [5.41, 5.74) is 0.956. The molecule has 0 radical (unpaired) electrons. The SMILES string of the molecule is CCC[C@H](C[C@H](O)[C@H](CC(C)C)NC(=O)[C@H](CSC)NC(=O)O[C@H]1CO[C@H]2OCCC21)C(=O)N[C@H](C(=O)NCc1ccccc1)C(C)C. The summed E-state index contributed by atoms with van der Waals surface area (Å²) in [6.07, 6.45) is 1.77. The summed E-state index contributed by atoms with van der Waals surface area (Å²) in [5, 5.41) is 23.0. The predicted octanol–water partition coefficient (Wildman–Crippen LogP) is 3.36. The Bertz CT molecular complexity index is 1170. The fourth-order valence-electron chi connectivity index (χ4n) is 6.18. The normalized spacial score (nSPS) is 21.9. The molecule has 1 aromatic rings. The summed E-state index contributed by atoms with van der Waals surface area (Å²) < 4.78 is 16.7. The highest BCUT2D eigenvalue weighted by atomic mass is 32.2. The third-order valence-electron chi connectivity index (χ3n) is 8.79. The number of aliphatic hydroxyl groups is 1. The standard InChI is InChI=1S/C35H56N4O8S/c1-7-11-24(31(41)39-30(22(4)5)33(43)36-18-23-12-9-8-10-13-23)17-28(40)26(16-21(2)3)37-32(42)27(20-48-6)38-35(44)47-29-19-46-34-25(29)14-15-45-34/h8-10,12-13,21-22,24-30,34,40H,7,11,14-20H2,1-6H3,(H,36,43)(H,37,42)(H,38,44)(H,39,41)/t24-,25?,26+,27+,28+,29+,30+,34-/m1/s1. The molecule has 0 aromatic heterocycles. The minimum atomic E-state index is -1.04. The van der Waals surface area contributed by atoms with Crippen LogP contribution in [0.25, 0.3) is 0 Å². The second-order valence-electron chi connectivity index (χ2n) is 13.6. The topological polar surface area (TPSA) is 164 Å². The molecular weight excluding hydrogens is 636 g/mol. The molecule has 0 bridgehead atoms. The van der Waals surface area contributed by atoms with Gasteiger partial charge in [0.1, 0.15) is 18.2 Å². The maximum absolute atomic E-state index is 13.6. The minimum Gasteiger partial charge on any atom is -0.443 e. The van der Waals surface area contributed by atoms with Crippen LogP contribution in [0.3, 0.4) is 0 Å². The molecule has 5 N–H and O–H groups in total. The van der Waals surface area contributed by atoms with Crippen molar-refractivity contribution in [3.8, 4) is 0 Å². The van der Waals surface area contributed by atoms with Crippen LogP contribution in [0.1, 0.15) is 72.3 Å². The van der Waals surface area contributed by atoms with Crippen molar-refractivity contribution in [3.63, 3.8) is 0 Å². The minimum absolute atomic E-state index is 0.0260. The number of nitrogens with one attached hydrogen (secondary N) is 4. The molecule has 8 atom stereocenters. The molecule has 2 saturated heterocycles. The van der Waals surface area contributed by atoms with Gasteiger partial charge in [-0.25, -0.2) is 4.79 Å². The smallest absolute Gasteiger partial charge is 0.408 e. The Kier molecular flexibility index (Phi) is 16.5. The van der Waals surface area contributed by atoms with Crippen molar-refractivity contribution in [2.24, 2.45) is 23.7 Å². The molecule has 0 spiro atoms. The Hall–Kier alpha value is -2.87. The third kappa shape index (κ3) is 12.2. The lowest BCUT2D eigenvalue weighted by molar-refractivity contribution is -0.133. The zero-order chi connectivity index (χ0) is 35.2. The second-order valence-corrected chi connectivity index (χ2v) is 14.5. The summed E-state index contributed by atoms with van der Waals surface area (Å²) in [7, 11) is 0. The Morgan fingerprint density at radius 3 is 2.35 bits per heavy atom. The van der Waals surface area contributed by atoms with Gasteiger partial charge >= 0.3 is 6.09 Å². The molecule has 1 unspecified atom stereocenters. The molecule has 3 rings (SSSR count). The highest BCUT2D eigenvalue weighted by Crippen LogP contribution is 2.33.